The molecule has 1 unspecified atom stereocenters. The predicted molar refractivity (Wildman–Crippen MR) is 93.3 cm³/mol. The molecule has 0 radical (unpaired) electrons. The average Bonchev–Trinajstić information content (AvgIpc) is 2.96. The third-order valence-electron chi connectivity index (χ3n) is 3.96. The molecule has 2 aromatic carbocycles. The van der Waals surface area contributed by atoms with E-state index in [2.05, 4.69) is 10.4 Å². The van der Waals surface area contributed by atoms with E-state index in [-0.39, 0.29) is 22.6 Å². The number of aryl methyl sites for hydroxylation is 1. The minimum Gasteiger partial charge on any atom is -0.325 e. The van der Waals surface area contributed by atoms with E-state index in [1.54, 1.807) is 24.3 Å². The third kappa shape index (κ3) is 3.40. The Kier molecular flexibility index (Phi) is 5.18. The molecule has 3 aromatic rings. The fraction of sp³-hybridized carbons (Fsp3) is 0.111. The van der Waals surface area contributed by atoms with Gasteiger partial charge >= 0.3 is 0 Å². The number of amides is 1. The van der Waals surface area contributed by atoms with E-state index >= 15 is 0 Å². The van der Waals surface area contributed by atoms with Gasteiger partial charge in [-0.25, -0.2) is 17.6 Å². The fourth-order valence-electron chi connectivity index (χ4n) is 2.86. The van der Waals surface area contributed by atoms with Crippen LogP contribution in [0.5, 0.6) is 0 Å². The maximum absolute atomic E-state index is 13.7. The molecular formula is C18H12ClF4N3O. The zero-order valence-corrected chi connectivity index (χ0v) is 14.6. The summed E-state index contributed by atoms with van der Waals surface area (Å²) in [6.45, 7) is 0. The summed E-state index contributed by atoms with van der Waals surface area (Å²) in [5.74, 6) is -4.27. The first-order valence-corrected chi connectivity index (χ1v) is 8.08. The molecule has 0 aliphatic heterocycles. The topological polar surface area (TPSA) is 46.9 Å². The largest absolute Gasteiger partial charge is 0.325 e. The van der Waals surface area contributed by atoms with Crippen molar-refractivity contribution in [1.82, 2.24) is 9.78 Å². The van der Waals surface area contributed by atoms with Crippen molar-refractivity contribution in [3.63, 3.8) is 0 Å². The van der Waals surface area contributed by atoms with E-state index < -0.39 is 23.1 Å². The summed E-state index contributed by atoms with van der Waals surface area (Å²) in [5, 5.41) is 6.33. The van der Waals surface area contributed by atoms with Crippen LogP contribution in [-0.2, 0) is 11.8 Å². The van der Waals surface area contributed by atoms with Crippen LogP contribution in [0.25, 0.3) is 22.4 Å². The van der Waals surface area contributed by atoms with Gasteiger partial charge in [-0.15, -0.1) is 0 Å². The predicted octanol–water partition coefficient (Wildman–Crippen LogP) is 4.95. The summed E-state index contributed by atoms with van der Waals surface area (Å²) in [6.07, 6.45) is 0.336. The van der Waals surface area contributed by atoms with Crippen LogP contribution in [0.2, 0.25) is 0 Å². The monoisotopic (exact) mass is 397 g/mol. The molecule has 140 valence electrons. The molecule has 1 amide bonds. The first-order chi connectivity index (χ1) is 12.8. The Morgan fingerprint density at radius 2 is 1.74 bits per heavy atom. The van der Waals surface area contributed by atoms with Crippen molar-refractivity contribution in [2.24, 2.45) is 7.05 Å². The van der Waals surface area contributed by atoms with Gasteiger partial charge in [0, 0.05) is 12.6 Å². The summed E-state index contributed by atoms with van der Waals surface area (Å²) in [4.78, 5) is 11.0. The first-order valence-electron chi connectivity index (χ1n) is 7.64. The Morgan fingerprint density at radius 1 is 1.15 bits per heavy atom. The number of hydrogen-bond acceptors (Lipinski definition) is 2. The quantitative estimate of drug-likeness (QED) is 0.287. The highest BCUT2D eigenvalue weighted by atomic mass is 35.5. The van der Waals surface area contributed by atoms with Crippen LogP contribution < -0.4 is 5.32 Å². The number of benzene rings is 2. The van der Waals surface area contributed by atoms with Crippen molar-refractivity contribution >= 4 is 23.7 Å². The second kappa shape index (κ2) is 7.40. The molecule has 9 heteroatoms. The number of carbonyl (C=O) groups is 1. The van der Waals surface area contributed by atoms with Gasteiger partial charge in [-0.2, -0.15) is 5.10 Å². The lowest BCUT2D eigenvalue weighted by molar-refractivity contribution is -0.105. The molecule has 0 aliphatic carbocycles. The maximum Gasteiger partial charge on any atom is 0.219 e. The lowest BCUT2D eigenvalue weighted by atomic mass is 9.96. The number of carbonyl (C=O) groups excluding carboxylic acids is 1. The molecule has 0 saturated heterocycles. The van der Waals surface area contributed by atoms with Gasteiger partial charge in [0.2, 0.25) is 12.0 Å². The lowest BCUT2D eigenvalue weighted by Crippen LogP contribution is -2.01. The van der Waals surface area contributed by atoms with Crippen molar-refractivity contribution < 1.29 is 22.4 Å². The van der Waals surface area contributed by atoms with Gasteiger partial charge in [0.05, 0.1) is 11.4 Å². The molecule has 0 aliphatic rings. The Labute approximate surface area is 156 Å². The Hall–Kier alpha value is -2.87. The molecule has 3 rings (SSSR count). The van der Waals surface area contributed by atoms with E-state index in [1.807, 2.05) is 0 Å². The number of anilines is 1. The molecule has 1 heterocycles. The van der Waals surface area contributed by atoms with Gasteiger partial charge in [-0.05, 0) is 23.3 Å². The van der Waals surface area contributed by atoms with Crippen molar-refractivity contribution in [2.45, 2.75) is 5.63 Å². The van der Waals surface area contributed by atoms with E-state index in [0.29, 0.717) is 17.5 Å². The van der Waals surface area contributed by atoms with Gasteiger partial charge in [0.15, 0.2) is 17.5 Å². The molecule has 1 N–H and O–H groups in total. The summed E-state index contributed by atoms with van der Waals surface area (Å²) in [7, 11) is 1.50. The number of halogens is 5. The second-order valence-electron chi connectivity index (χ2n) is 5.59. The van der Waals surface area contributed by atoms with Crippen LogP contribution in [0.3, 0.4) is 0 Å². The summed E-state index contributed by atoms with van der Waals surface area (Å²) < 4.78 is 55.7. The van der Waals surface area contributed by atoms with Crippen LogP contribution >= 0.6 is 11.6 Å². The maximum atomic E-state index is 13.7. The first kappa shape index (κ1) is 18.9. The van der Waals surface area contributed by atoms with Crippen molar-refractivity contribution in [1.29, 1.82) is 0 Å². The summed E-state index contributed by atoms with van der Waals surface area (Å²) >= 11 is 5.49. The van der Waals surface area contributed by atoms with Gasteiger partial charge in [0.25, 0.3) is 0 Å². The van der Waals surface area contributed by atoms with Crippen LogP contribution in [0.15, 0.2) is 36.4 Å². The minimum absolute atomic E-state index is 0.0190. The summed E-state index contributed by atoms with van der Waals surface area (Å²) in [5.41, 5.74) is -1.15. The number of nitrogens with one attached hydrogen (secondary N) is 1. The molecule has 0 spiro atoms. The van der Waals surface area contributed by atoms with Crippen molar-refractivity contribution in [3.05, 3.63) is 59.5 Å². The minimum atomic E-state index is -1.99. The van der Waals surface area contributed by atoms with Crippen LogP contribution in [0.4, 0.5) is 23.2 Å². The standard InChI is InChI=1S/C18H12ClF4N3O/c1-26-17(15(24-8-27)16(25-26)18(19)23)11-5-3-2-4-10(11)9-6-12(20)14(22)13(21)7-9/h2-8,18H,1H3,(H,24,27). The van der Waals surface area contributed by atoms with Crippen molar-refractivity contribution in [2.75, 3.05) is 5.32 Å². The van der Waals surface area contributed by atoms with Gasteiger partial charge in [0.1, 0.15) is 5.69 Å². The summed E-state index contributed by atoms with van der Waals surface area (Å²) in [6, 6.07) is 8.09. The normalized spacial score (nSPS) is 12.1. The number of rotatable bonds is 5. The van der Waals surface area contributed by atoms with Gasteiger partial charge in [-0.3, -0.25) is 9.48 Å². The second-order valence-corrected chi connectivity index (χ2v) is 5.98. The number of hydrogen-bond donors (Lipinski definition) is 1. The molecule has 27 heavy (non-hydrogen) atoms. The van der Waals surface area contributed by atoms with Crippen molar-refractivity contribution in [3.8, 4) is 22.4 Å². The molecule has 0 bridgehead atoms. The molecule has 0 fully saturated rings. The van der Waals surface area contributed by atoms with E-state index in [0.717, 1.165) is 12.1 Å². The number of alkyl halides is 2. The zero-order chi connectivity index (χ0) is 19.7. The van der Waals surface area contributed by atoms with E-state index in [9.17, 15) is 22.4 Å². The fourth-order valence-corrected chi connectivity index (χ4v) is 3.01. The highest BCUT2D eigenvalue weighted by Crippen LogP contribution is 2.40. The Morgan fingerprint density at radius 3 is 2.30 bits per heavy atom. The average molecular weight is 398 g/mol. The highest BCUT2D eigenvalue weighted by molar-refractivity contribution is 6.20. The molecular weight excluding hydrogens is 386 g/mol. The smallest absolute Gasteiger partial charge is 0.219 e. The van der Waals surface area contributed by atoms with Crippen LogP contribution in [0.1, 0.15) is 11.3 Å². The third-order valence-corrected chi connectivity index (χ3v) is 4.17. The molecule has 1 atom stereocenters. The van der Waals surface area contributed by atoms with E-state index in [1.165, 1.54) is 11.7 Å². The van der Waals surface area contributed by atoms with Gasteiger partial charge in [-0.1, -0.05) is 35.9 Å². The van der Waals surface area contributed by atoms with Crippen LogP contribution in [-0.4, -0.2) is 16.2 Å². The Balaban J connectivity index is 2.28. The SMILES string of the molecule is Cn1nc(C(F)Cl)c(NC=O)c1-c1ccccc1-c1cc(F)c(F)c(F)c1. The van der Waals surface area contributed by atoms with E-state index in [4.69, 9.17) is 11.6 Å². The zero-order valence-electron chi connectivity index (χ0n) is 13.8. The van der Waals surface area contributed by atoms with Gasteiger partial charge < -0.3 is 5.32 Å². The Bertz CT molecular complexity index is 997. The molecule has 0 saturated carbocycles. The van der Waals surface area contributed by atoms with Crippen LogP contribution in [0, 0.1) is 17.5 Å². The number of aromatic nitrogens is 2. The molecule has 1 aromatic heterocycles. The molecule has 4 nitrogen and oxygen atoms in total. The lowest BCUT2D eigenvalue weighted by Gasteiger charge is -2.13. The number of nitrogens with zero attached hydrogens (tertiary/aromatic N) is 2. The highest BCUT2D eigenvalue weighted by Gasteiger charge is 2.25.